The van der Waals surface area contributed by atoms with Gasteiger partial charge in [-0.15, -0.1) is 0 Å². The van der Waals surface area contributed by atoms with Gasteiger partial charge in [-0.1, -0.05) is 0 Å². The van der Waals surface area contributed by atoms with Crippen molar-refractivity contribution >= 4 is 10.9 Å². The lowest BCUT2D eigenvalue weighted by Crippen LogP contribution is -2.03. The zero-order valence-corrected chi connectivity index (χ0v) is 7.34. The van der Waals surface area contributed by atoms with E-state index in [0.717, 1.165) is 16.5 Å². The third-order valence-electron chi connectivity index (χ3n) is 2.17. The van der Waals surface area contributed by atoms with E-state index in [9.17, 15) is 4.39 Å². The van der Waals surface area contributed by atoms with Gasteiger partial charge in [-0.25, -0.2) is 4.39 Å². The predicted octanol–water partition coefficient (Wildman–Crippen LogP) is 2.33. The summed E-state index contributed by atoms with van der Waals surface area (Å²) in [6, 6.07) is 4.58. The number of nitrogens with two attached hydrogens (primary N) is 1. The smallest absolute Gasteiger partial charge is 0.123 e. The van der Waals surface area contributed by atoms with Crippen LogP contribution >= 0.6 is 0 Å². The molecule has 0 spiro atoms. The molecule has 68 valence electrons. The molecule has 2 rings (SSSR count). The Kier molecular flexibility index (Phi) is 1.81. The third kappa shape index (κ3) is 1.31. The molecule has 1 atom stereocenters. The molecule has 0 unspecified atom stereocenters. The molecule has 0 aliphatic heterocycles. The maximum Gasteiger partial charge on any atom is 0.123 e. The maximum atomic E-state index is 12.9. The van der Waals surface area contributed by atoms with E-state index in [-0.39, 0.29) is 11.9 Å². The fraction of sp³-hybridized carbons (Fsp3) is 0.200. The molecule has 0 amide bonds. The molecule has 0 saturated heterocycles. The molecule has 0 aliphatic rings. The van der Waals surface area contributed by atoms with Crippen molar-refractivity contribution in [2.45, 2.75) is 13.0 Å². The minimum atomic E-state index is -0.228. The van der Waals surface area contributed by atoms with Gasteiger partial charge in [0, 0.05) is 23.1 Å². The molecule has 0 bridgehead atoms. The lowest BCUT2D eigenvalue weighted by atomic mass is 10.1. The molecule has 2 nitrogen and oxygen atoms in total. The average molecular weight is 178 g/mol. The van der Waals surface area contributed by atoms with Crippen molar-refractivity contribution in [3.63, 3.8) is 0 Å². The van der Waals surface area contributed by atoms with Crippen molar-refractivity contribution < 1.29 is 4.39 Å². The topological polar surface area (TPSA) is 41.8 Å². The Balaban J connectivity index is 2.71. The van der Waals surface area contributed by atoms with Gasteiger partial charge in [-0.2, -0.15) is 0 Å². The number of H-pyrrole nitrogens is 1. The quantitative estimate of drug-likeness (QED) is 0.691. The summed E-state index contributed by atoms with van der Waals surface area (Å²) in [4.78, 5) is 3.05. The van der Waals surface area contributed by atoms with E-state index in [1.54, 1.807) is 6.07 Å². The Bertz CT molecular complexity index is 431. The van der Waals surface area contributed by atoms with Gasteiger partial charge >= 0.3 is 0 Å². The van der Waals surface area contributed by atoms with E-state index in [4.69, 9.17) is 5.73 Å². The van der Waals surface area contributed by atoms with Crippen LogP contribution in [0.2, 0.25) is 0 Å². The van der Waals surface area contributed by atoms with Crippen molar-refractivity contribution in [2.24, 2.45) is 5.73 Å². The molecule has 0 fully saturated rings. The SMILES string of the molecule is C[C@H](N)c1c[nH]c2ccc(F)cc12. The van der Waals surface area contributed by atoms with Crippen molar-refractivity contribution in [2.75, 3.05) is 0 Å². The third-order valence-corrected chi connectivity index (χ3v) is 2.17. The van der Waals surface area contributed by atoms with Gasteiger partial charge < -0.3 is 10.7 Å². The number of fused-ring (bicyclic) bond motifs is 1. The molecule has 13 heavy (non-hydrogen) atoms. The van der Waals surface area contributed by atoms with E-state index < -0.39 is 0 Å². The predicted molar refractivity (Wildman–Crippen MR) is 50.9 cm³/mol. The minimum Gasteiger partial charge on any atom is -0.361 e. The molecule has 0 radical (unpaired) electrons. The highest BCUT2D eigenvalue weighted by atomic mass is 19.1. The first-order valence-electron chi connectivity index (χ1n) is 4.20. The molecular weight excluding hydrogens is 167 g/mol. The Labute approximate surface area is 75.6 Å². The summed E-state index contributed by atoms with van der Waals surface area (Å²) in [6.07, 6.45) is 1.83. The number of hydrogen-bond donors (Lipinski definition) is 2. The lowest BCUT2D eigenvalue weighted by molar-refractivity contribution is 0.629. The van der Waals surface area contributed by atoms with Crippen LogP contribution in [0.5, 0.6) is 0 Å². The number of nitrogens with one attached hydrogen (secondary N) is 1. The summed E-state index contributed by atoms with van der Waals surface area (Å²) < 4.78 is 12.9. The Morgan fingerprint density at radius 2 is 2.23 bits per heavy atom. The molecular formula is C10H11FN2. The van der Waals surface area contributed by atoms with Crippen LogP contribution in [0.25, 0.3) is 10.9 Å². The van der Waals surface area contributed by atoms with Crippen LogP contribution < -0.4 is 5.73 Å². The summed E-state index contributed by atoms with van der Waals surface area (Å²) in [6.45, 7) is 1.88. The van der Waals surface area contributed by atoms with Crippen molar-refractivity contribution in [3.05, 3.63) is 35.8 Å². The monoisotopic (exact) mass is 178 g/mol. The van der Waals surface area contributed by atoms with E-state index in [1.165, 1.54) is 12.1 Å². The average Bonchev–Trinajstić information content (AvgIpc) is 2.46. The standard InChI is InChI=1S/C10H11FN2/c1-6(12)9-5-13-10-3-2-7(11)4-8(9)10/h2-6,13H,12H2,1H3/t6-/m0/s1. The molecule has 1 aromatic carbocycles. The van der Waals surface area contributed by atoms with Gasteiger partial charge in [0.2, 0.25) is 0 Å². The Morgan fingerprint density at radius 3 is 2.92 bits per heavy atom. The number of aromatic nitrogens is 1. The molecule has 0 saturated carbocycles. The van der Waals surface area contributed by atoms with Gasteiger partial charge in [-0.3, -0.25) is 0 Å². The van der Waals surface area contributed by atoms with Gasteiger partial charge in [0.1, 0.15) is 5.82 Å². The van der Waals surface area contributed by atoms with Gasteiger partial charge in [-0.05, 0) is 30.7 Å². The maximum absolute atomic E-state index is 12.9. The van der Waals surface area contributed by atoms with Crippen LogP contribution in [0, 0.1) is 5.82 Å². The number of benzene rings is 1. The van der Waals surface area contributed by atoms with E-state index >= 15 is 0 Å². The zero-order chi connectivity index (χ0) is 9.42. The minimum absolute atomic E-state index is 0.0736. The normalized spacial score (nSPS) is 13.5. The summed E-state index contributed by atoms with van der Waals surface area (Å²) in [5, 5.41) is 0.870. The number of rotatable bonds is 1. The lowest BCUT2D eigenvalue weighted by Gasteiger charge is -2.01. The van der Waals surface area contributed by atoms with Crippen molar-refractivity contribution in [1.82, 2.24) is 4.98 Å². The molecule has 0 aliphatic carbocycles. The fourth-order valence-corrected chi connectivity index (χ4v) is 1.49. The molecule has 3 heteroatoms. The van der Waals surface area contributed by atoms with Crippen LogP contribution in [0.15, 0.2) is 24.4 Å². The number of halogens is 1. The number of aromatic amines is 1. The summed E-state index contributed by atoms with van der Waals surface area (Å²) >= 11 is 0. The van der Waals surface area contributed by atoms with Gasteiger partial charge in [0.05, 0.1) is 0 Å². The van der Waals surface area contributed by atoms with Crippen LogP contribution in [0.3, 0.4) is 0 Å². The Morgan fingerprint density at radius 1 is 1.46 bits per heavy atom. The van der Waals surface area contributed by atoms with E-state index in [2.05, 4.69) is 4.98 Å². The summed E-state index contributed by atoms with van der Waals surface area (Å²) in [5.41, 5.74) is 7.61. The van der Waals surface area contributed by atoms with Crippen LogP contribution in [0.4, 0.5) is 4.39 Å². The molecule has 2 aromatic rings. The van der Waals surface area contributed by atoms with Crippen molar-refractivity contribution in [1.29, 1.82) is 0 Å². The highest BCUT2D eigenvalue weighted by Gasteiger charge is 2.07. The van der Waals surface area contributed by atoms with Crippen molar-refractivity contribution in [3.8, 4) is 0 Å². The van der Waals surface area contributed by atoms with Gasteiger partial charge in [0.15, 0.2) is 0 Å². The highest BCUT2D eigenvalue weighted by Crippen LogP contribution is 2.23. The largest absolute Gasteiger partial charge is 0.361 e. The second kappa shape index (κ2) is 2.85. The van der Waals surface area contributed by atoms with E-state index in [1.807, 2.05) is 13.1 Å². The van der Waals surface area contributed by atoms with Crippen LogP contribution in [-0.4, -0.2) is 4.98 Å². The Hall–Kier alpha value is -1.35. The molecule has 3 N–H and O–H groups in total. The summed E-state index contributed by atoms with van der Waals surface area (Å²) in [7, 11) is 0. The fourth-order valence-electron chi connectivity index (χ4n) is 1.49. The van der Waals surface area contributed by atoms with E-state index in [0.29, 0.717) is 0 Å². The van der Waals surface area contributed by atoms with Gasteiger partial charge in [0.25, 0.3) is 0 Å². The number of hydrogen-bond acceptors (Lipinski definition) is 1. The zero-order valence-electron chi connectivity index (χ0n) is 7.34. The first-order chi connectivity index (χ1) is 6.18. The summed E-state index contributed by atoms with van der Waals surface area (Å²) in [5.74, 6) is -0.228. The van der Waals surface area contributed by atoms with Crippen LogP contribution in [0.1, 0.15) is 18.5 Å². The molecule has 1 aromatic heterocycles. The van der Waals surface area contributed by atoms with Crippen LogP contribution in [-0.2, 0) is 0 Å². The highest BCUT2D eigenvalue weighted by molar-refractivity contribution is 5.83. The second-order valence-corrected chi connectivity index (χ2v) is 3.22. The first kappa shape index (κ1) is 8.26. The molecule has 1 heterocycles. The second-order valence-electron chi connectivity index (χ2n) is 3.22. The first-order valence-corrected chi connectivity index (χ1v) is 4.20.